The van der Waals surface area contributed by atoms with E-state index in [4.69, 9.17) is 16.3 Å². The van der Waals surface area contributed by atoms with Crippen LogP contribution < -0.4 is 4.74 Å². The molecule has 3 atom stereocenters. The molecule has 6 heteroatoms. The smallest absolute Gasteiger partial charge is 0.119 e. The quantitative estimate of drug-likeness (QED) is 0.533. The van der Waals surface area contributed by atoms with Crippen molar-refractivity contribution in [3.8, 4) is 5.75 Å². The van der Waals surface area contributed by atoms with Crippen LogP contribution in [0.3, 0.4) is 0 Å². The Hall–Kier alpha value is -2.05. The van der Waals surface area contributed by atoms with Crippen molar-refractivity contribution in [2.45, 2.75) is 37.5 Å². The number of fused-ring (bicyclic) bond motifs is 1. The summed E-state index contributed by atoms with van der Waals surface area (Å²) < 4.78 is 5.43. The summed E-state index contributed by atoms with van der Waals surface area (Å²) in [7, 11) is 8.02. The van der Waals surface area contributed by atoms with E-state index in [0.717, 1.165) is 54.2 Å². The van der Waals surface area contributed by atoms with Gasteiger partial charge in [-0.2, -0.15) is 0 Å². The van der Waals surface area contributed by atoms with Crippen molar-refractivity contribution in [3.63, 3.8) is 0 Å². The van der Waals surface area contributed by atoms with Crippen molar-refractivity contribution in [1.29, 1.82) is 0 Å². The molecule has 1 heterocycles. The zero-order valence-electron chi connectivity index (χ0n) is 19.4. The second-order valence-electron chi connectivity index (χ2n) is 9.46. The van der Waals surface area contributed by atoms with Crippen LogP contribution >= 0.6 is 11.6 Å². The molecule has 3 unspecified atom stereocenters. The minimum Gasteiger partial charge on any atom is -0.497 e. The second-order valence-corrected chi connectivity index (χ2v) is 9.90. The number of aliphatic hydroxyl groups is 1. The summed E-state index contributed by atoms with van der Waals surface area (Å²) >= 11 is 6.24. The minimum absolute atomic E-state index is 0.128. The Balaban J connectivity index is 1.54. The van der Waals surface area contributed by atoms with Crippen LogP contribution in [0.2, 0.25) is 5.02 Å². The number of hydrogen-bond acceptors (Lipinski definition) is 4. The van der Waals surface area contributed by atoms with Gasteiger partial charge in [-0.15, -0.1) is 0 Å². The van der Waals surface area contributed by atoms with Crippen LogP contribution in [-0.4, -0.2) is 60.7 Å². The molecule has 0 bridgehead atoms. The number of aromatic amines is 1. The molecule has 2 aromatic carbocycles. The van der Waals surface area contributed by atoms with E-state index in [-0.39, 0.29) is 5.92 Å². The third-order valence-corrected chi connectivity index (χ3v) is 7.25. The molecule has 2 N–H and O–H groups in total. The van der Waals surface area contributed by atoms with Gasteiger partial charge in [0, 0.05) is 47.2 Å². The highest BCUT2D eigenvalue weighted by atomic mass is 35.5. The maximum atomic E-state index is 11.9. The molecule has 0 saturated heterocycles. The van der Waals surface area contributed by atoms with Gasteiger partial charge in [-0.05, 0) is 81.9 Å². The zero-order chi connectivity index (χ0) is 22.9. The van der Waals surface area contributed by atoms with Gasteiger partial charge in [-0.3, -0.25) is 4.90 Å². The second kappa shape index (κ2) is 9.44. The Kier molecular flexibility index (Phi) is 6.82. The first kappa shape index (κ1) is 23.1. The van der Waals surface area contributed by atoms with E-state index in [9.17, 15) is 5.11 Å². The summed E-state index contributed by atoms with van der Waals surface area (Å²) in [6.07, 6.45) is 4.69. The summed E-state index contributed by atoms with van der Waals surface area (Å²) in [5, 5.41) is 13.8. The molecule has 0 radical (unpaired) electrons. The number of aromatic nitrogens is 1. The Morgan fingerprint density at radius 1 is 1.19 bits per heavy atom. The number of hydrogen-bond donors (Lipinski definition) is 2. The van der Waals surface area contributed by atoms with Crippen molar-refractivity contribution in [3.05, 3.63) is 64.8 Å². The maximum Gasteiger partial charge on any atom is 0.119 e. The van der Waals surface area contributed by atoms with Crippen LogP contribution in [0.15, 0.2) is 48.7 Å². The largest absolute Gasteiger partial charge is 0.497 e. The van der Waals surface area contributed by atoms with Gasteiger partial charge in [0.25, 0.3) is 0 Å². The Labute approximate surface area is 195 Å². The van der Waals surface area contributed by atoms with E-state index in [1.54, 1.807) is 7.11 Å². The highest BCUT2D eigenvalue weighted by Gasteiger charge is 2.44. The fraction of sp³-hybridized carbons (Fsp3) is 0.462. The standard InChI is InChI=1S/C26H34ClN3O2/c1-29(2)17-20-12-22(10-11-26(20,31)19-6-5-7-23(13-19)32-4)30(3)16-18-15-28-25-9-8-21(27)14-24(18)25/h5-9,13-15,20,22,28,31H,10-12,16-17H2,1-4H3. The first-order valence-corrected chi connectivity index (χ1v) is 11.7. The van der Waals surface area contributed by atoms with Gasteiger partial charge in [0.15, 0.2) is 0 Å². The zero-order valence-corrected chi connectivity index (χ0v) is 20.2. The number of methoxy groups -OCH3 is 1. The summed E-state index contributed by atoms with van der Waals surface area (Å²) in [6.45, 7) is 1.68. The lowest BCUT2D eigenvalue weighted by Crippen LogP contribution is -2.49. The Morgan fingerprint density at radius 3 is 2.75 bits per heavy atom. The van der Waals surface area contributed by atoms with E-state index < -0.39 is 5.60 Å². The van der Waals surface area contributed by atoms with Crippen LogP contribution in [0.1, 0.15) is 30.4 Å². The number of halogens is 1. The first-order chi connectivity index (χ1) is 15.3. The van der Waals surface area contributed by atoms with Crippen LogP contribution in [0.5, 0.6) is 5.75 Å². The molecular weight excluding hydrogens is 422 g/mol. The first-order valence-electron chi connectivity index (χ1n) is 11.3. The SMILES string of the molecule is COc1cccc(C2(O)CCC(N(C)Cc3c[nH]c4ccc(Cl)cc34)CC2CN(C)C)c1. The van der Waals surface area contributed by atoms with Crippen molar-refractivity contribution >= 4 is 22.5 Å². The Morgan fingerprint density at radius 2 is 2.00 bits per heavy atom. The monoisotopic (exact) mass is 455 g/mol. The summed E-state index contributed by atoms with van der Waals surface area (Å²) in [6, 6.07) is 14.3. The number of nitrogens with zero attached hydrogens (tertiary/aromatic N) is 2. The lowest BCUT2D eigenvalue weighted by atomic mass is 9.69. The van der Waals surface area contributed by atoms with Crippen LogP contribution in [-0.2, 0) is 12.1 Å². The average Bonchev–Trinajstić information content (AvgIpc) is 3.16. The molecule has 1 aromatic heterocycles. The van der Waals surface area contributed by atoms with Gasteiger partial charge in [-0.1, -0.05) is 23.7 Å². The molecule has 172 valence electrons. The predicted octanol–water partition coefficient (Wildman–Crippen LogP) is 4.88. The molecule has 32 heavy (non-hydrogen) atoms. The molecular formula is C26H34ClN3O2. The van der Waals surface area contributed by atoms with E-state index in [2.05, 4.69) is 42.1 Å². The van der Waals surface area contributed by atoms with E-state index in [1.807, 2.05) is 42.5 Å². The molecule has 1 fully saturated rings. The van der Waals surface area contributed by atoms with Gasteiger partial charge < -0.3 is 19.7 Å². The third kappa shape index (κ3) is 4.67. The van der Waals surface area contributed by atoms with Gasteiger partial charge in [-0.25, -0.2) is 0 Å². The van der Waals surface area contributed by atoms with E-state index in [1.165, 1.54) is 10.9 Å². The van der Waals surface area contributed by atoms with Gasteiger partial charge in [0.2, 0.25) is 0 Å². The van der Waals surface area contributed by atoms with Crippen molar-refractivity contribution in [1.82, 2.24) is 14.8 Å². The number of ether oxygens (including phenoxy) is 1. The van der Waals surface area contributed by atoms with Gasteiger partial charge in [0.1, 0.15) is 5.75 Å². The summed E-state index contributed by atoms with van der Waals surface area (Å²) in [4.78, 5) is 7.97. The highest BCUT2D eigenvalue weighted by molar-refractivity contribution is 6.31. The van der Waals surface area contributed by atoms with E-state index >= 15 is 0 Å². The van der Waals surface area contributed by atoms with Crippen LogP contribution in [0, 0.1) is 5.92 Å². The molecule has 3 aromatic rings. The number of benzene rings is 2. The molecule has 1 saturated carbocycles. The molecule has 0 spiro atoms. The normalized spacial score (nSPS) is 23.9. The van der Waals surface area contributed by atoms with E-state index in [0.29, 0.717) is 6.04 Å². The molecule has 1 aliphatic carbocycles. The highest BCUT2D eigenvalue weighted by Crippen LogP contribution is 2.44. The maximum absolute atomic E-state index is 11.9. The average molecular weight is 456 g/mol. The van der Waals surface area contributed by atoms with Crippen molar-refractivity contribution < 1.29 is 9.84 Å². The molecule has 1 aliphatic rings. The topological polar surface area (TPSA) is 51.7 Å². The van der Waals surface area contributed by atoms with Crippen LogP contribution in [0.25, 0.3) is 10.9 Å². The molecule has 4 rings (SSSR count). The molecule has 5 nitrogen and oxygen atoms in total. The molecule has 0 aliphatic heterocycles. The van der Waals surface area contributed by atoms with Gasteiger partial charge >= 0.3 is 0 Å². The fourth-order valence-corrected chi connectivity index (χ4v) is 5.42. The fourth-order valence-electron chi connectivity index (χ4n) is 5.25. The Bertz CT molecular complexity index is 1070. The number of H-pyrrole nitrogens is 1. The number of nitrogens with one attached hydrogen (secondary N) is 1. The van der Waals surface area contributed by atoms with Crippen LogP contribution in [0.4, 0.5) is 0 Å². The molecule has 0 amide bonds. The lowest BCUT2D eigenvalue weighted by Gasteiger charge is -2.46. The third-order valence-electron chi connectivity index (χ3n) is 7.02. The summed E-state index contributed by atoms with van der Waals surface area (Å²) in [5.74, 6) is 0.917. The number of rotatable bonds is 7. The predicted molar refractivity (Wildman–Crippen MR) is 131 cm³/mol. The summed E-state index contributed by atoms with van der Waals surface area (Å²) in [5.41, 5.74) is 2.46. The van der Waals surface area contributed by atoms with Crippen molar-refractivity contribution in [2.24, 2.45) is 5.92 Å². The van der Waals surface area contributed by atoms with Gasteiger partial charge in [0.05, 0.1) is 12.7 Å². The lowest BCUT2D eigenvalue weighted by molar-refractivity contribution is -0.0811. The minimum atomic E-state index is -0.857. The van der Waals surface area contributed by atoms with Crippen molar-refractivity contribution in [2.75, 3.05) is 34.8 Å².